The molecule has 4 bridgehead atoms. The summed E-state index contributed by atoms with van der Waals surface area (Å²) >= 11 is 5.13. The molecular formula is C17H27N3OS. The van der Waals surface area contributed by atoms with Crippen LogP contribution >= 0.6 is 12.2 Å². The minimum Gasteiger partial charge on any atom is -0.358 e. The van der Waals surface area contributed by atoms with Crippen LogP contribution < -0.4 is 16.2 Å². The van der Waals surface area contributed by atoms with Gasteiger partial charge in [-0.05, 0) is 80.8 Å². The number of carbonyl (C=O) groups excluding carboxylic acids is 1. The Morgan fingerprint density at radius 3 is 2.18 bits per heavy atom. The summed E-state index contributed by atoms with van der Waals surface area (Å²) in [6, 6.07) is 0. The van der Waals surface area contributed by atoms with E-state index >= 15 is 0 Å². The third-order valence-corrected chi connectivity index (χ3v) is 5.81. The molecule has 3 N–H and O–H groups in total. The van der Waals surface area contributed by atoms with E-state index in [1.165, 1.54) is 38.5 Å². The van der Waals surface area contributed by atoms with Gasteiger partial charge in [0.25, 0.3) is 0 Å². The zero-order valence-corrected chi connectivity index (χ0v) is 14.2. The first-order valence-corrected chi connectivity index (χ1v) is 8.82. The second-order valence-electron chi connectivity index (χ2n) is 7.91. The summed E-state index contributed by atoms with van der Waals surface area (Å²) in [5.74, 6) is 2.71. The van der Waals surface area contributed by atoms with Crippen LogP contribution in [-0.4, -0.2) is 17.6 Å². The molecule has 4 aliphatic rings. The van der Waals surface area contributed by atoms with Crippen LogP contribution in [0, 0.1) is 23.2 Å². The second kappa shape index (κ2) is 6.19. The lowest BCUT2D eigenvalue weighted by Crippen LogP contribution is -2.51. The molecular weight excluding hydrogens is 294 g/mol. The fraction of sp³-hybridized carbons (Fsp3) is 0.765. The molecule has 0 atom stereocenters. The van der Waals surface area contributed by atoms with Gasteiger partial charge in [0, 0.05) is 13.0 Å². The van der Waals surface area contributed by atoms with Gasteiger partial charge >= 0.3 is 0 Å². The average Bonchev–Trinajstić information content (AvgIpc) is 2.40. The number of thiocarbonyl (C=S) groups is 1. The maximum absolute atomic E-state index is 12.3. The monoisotopic (exact) mass is 321 g/mol. The molecule has 0 aromatic carbocycles. The van der Waals surface area contributed by atoms with Crippen molar-refractivity contribution in [3.05, 3.63) is 12.2 Å². The van der Waals surface area contributed by atoms with Crippen molar-refractivity contribution < 1.29 is 4.79 Å². The first-order chi connectivity index (χ1) is 10.4. The highest BCUT2D eigenvalue weighted by molar-refractivity contribution is 7.80. The summed E-state index contributed by atoms with van der Waals surface area (Å²) in [4.78, 5) is 12.3. The molecule has 22 heavy (non-hydrogen) atoms. The molecule has 0 aromatic rings. The molecule has 0 saturated heterocycles. The van der Waals surface area contributed by atoms with Gasteiger partial charge in [0.2, 0.25) is 5.91 Å². The summed E-state index contributed by atoms with van der Waals surface area (Å²) in [5, 5.41) is 3.45. The molecule has 0 radical (unpaired) electrons. The SMILES string of the molecule is C=C(C)CNC(=S)NNC(=O)CC12CC3CC(CC(C3)C1)C2. The van der Waals surface area contributed by atoms with Gasteiger partial charge in [-0.2, -0.15) is 0 Å². The van der Waals surface area contributed by atoms with E-state index in [-0.39, 0.29) is 11.3 Å². The summed E-state index contributed by atoms with van der Waals surface area (Å²) in [6.07, 6.45) is 8.64. The lowest BCUT2D eigenvalue weighted by Gasteiger charge is -2.56. The Bertz CT molecular complexity index is 453. The number of hydrazine groups is 1. The van der Waals surface area contributed by atoms with E-state index in [1.807, 2.05) is 6.92 Å². The van der Waals surface area contributed by atoms with Gasteiger partial charge < -0.3 is 5.32 Å². The molecule has 0 aromatic heterocycles. The number of nitrogens with one attached hydrogen (secondary N) is 3. The lowest BCUT2D eigenvalue weighted by atomic mass is 9.49. The minimum absolute atomic E-state index is 0.0708. The van der Waals surface area contributed by atoms with Crippen molar-refractivity contribution in [1.29, 1.82) is 0 Å². The topological polar surface area (TPSA) is 53.2 Å². The van der Waals surface area contributed by atoms with Crippen molar-refractivity contribution in [2.75, 3.05) is 6.54 Å². The first-order valence-electron chi connectivity index (χ1n) is 8.41. The van der Waals surface area contributed by atoms with Crippen LogP contribution in [-0.2, 0) is 4.79 Å². The van der Waals surface area contributed by atoms with Gasteiger partial charge in [-0.15, -0.1) is 0 Å². The molecule has 1 amide bonds. The number of carbonyl (C=O) groups is 1. The van der Waals surface area contributed by atoms with Crippen LogP contribution in [0.2, 0.25) is 0 Å². The standard InChI is InChI=1S/C17H27N3OS/c1-11(2)10-18-16(22)20-19-15(21)9-17-6-12-3-13(7-17)5-14(4-12)8-17/h12-14H,1,3-10H2,2H3,(H,19,21)(H2,18,20,22). The van der Waals surface area contributed by atoms with Gasteiger partial charge in [-0.3, -0.25) is 15.6 Å². The average molecular weight is 321 g/mol. The summed E-state index contributed by atoms with van der Waals surface area (Å²) in [6.45, 7) is 6.36. The summed E-state index contributed by atoms with van der Waals surface area (Å²) in [5.41, 5.74) is 6.83. The normalized spacial score (nSPS) is 35.0. The van der Waals surface area contributed by atoms with E-state index in [2.05, 4.69) is 22.7 Å². The predicted octanol–water partition coefficient (Wildman–Crippen LogP) is 2.66. The highest BCUT2D eigenvalue weighted by Crippen LogP contribution is 2.61. The Hall–Kier alpha value is -1.10. The number of rotatable bonds is 4. The summed E-state index contributed by atoms with van der Waals surface area (Å²) in [7, 11) is 0. The molecule has 0 aliphatic heterocycles. The quantitative estimate of drug-likeness (QED) is 0.423. The first kappa shape index (κ1) is 15.8. The van der Waals surface area contributed by atoms with Crippen molar-refractivity contribution in [1.82, 2.24) is 16.2 Å². The molecule has 5 heteroatoms. The number of hydrogen-bond acceptors (Lipinski definition) is 2. The van der Waals surface area contributed by atoms with Gasteiger partial charge in [0.05, 0.1) is 0 Å². The molecule has 0 spiro atoms. The summed E-state index contributed by atoms with van der Waals surface area (Å²) < 4.78 is 0. The van der Waals surface area contributed by atoms with Crippen LogP contribution in [0.1, 0.15) is 51.9 Å². The predicted molar refractivity (Wildman–Crippen MR) is 91.9 cm³/mol. The van der Waals surface area contributed by atoms with E-state index < -0.39 is 0 Å². The van der Waals surface area contributed by atoms with Gasteiger partial charge in [-0.1, -0.05) is 12.2 Å². The van der Waals surface area contributed by atoms with Crippen molar-refractivity contribution in [2.45, 2.75) is 51.9 Å². The Morgan fingerprint density at radius 1 is 1.14 bits per heavy atom. The van der Waals surface area contributed by atoms with Crippen molar-refractivity contribution in [2.24, 2.45) is 23.2 Å². The zero-order chi connectivity index (χ0) is 15.7. The third kappa shape index (κ3) is 3.62. The van der Waals surface area contributed by atoms with E-state index in [0.29, 0.717) is 18.1 Å². The van der Waals surface area contributed by atoms with Crippen LogP contribution in [0.4, 0.5) is 0 Å². The second-order valence-corrected chi connectivity index (χ2v) is 8.32. The maximum Gasteiger partial charge on any atom is 0.238 e. The fourth-order valence-corrected chi connectivity index (χ4v) is 5.42. The molecule has 4 aliphatic carbocycles. The van der Waals surface area contributed by atoms with E-state index in [4.69, 9.17) is 12.2 Å². The largest absolute Gasteiger partial charge is 0.358 e. The van der Waals surface area contributed by atoms with Crippen molar-refractivity contribution >= 4 is 23.2 Å². The van der Waals surface area contributed by atoms with E-state index in [1.54, 1.807) is 0 Å². The lowest BCUT2D eigenvalue weighted by molar-refractivity contribution is -0.130. The molecule has 4 saturated carbocycles. The Morgan fingerprint density at radius 2 is 1.68 bits per heavy atom. The molecule has 122 valence electrons. The van der Waals surface area contributed by atoms with Crippen molar-refractivity contribution in [3.8, 4) is 0 Å². The number of hydrogen-bond donors (Lipinski definition) is 3. The minimum atomic E-state index is 0.0708. The smallest absolute Gasteiger partial charge is 0.238 e. The Labute approximate surface area is 138 Å². The van der Waals surface area contributed by atoms with Crippen LogP contribution in [0.5, 0.6) is 0 Å². The van der Waals surface area contributed by atoms with E-state index in [9.17, 15) is 4.79 Å². The third-order valence-electron chi connectivity index (χ3n) is 5.57. The van der Waals surface area contributed by atoms with Crippen LogP contribution in [0.15, 0.2) is 12.2 Å². The zero-order valence-electron chi connectivity index (χ0n) is 13.4. The molecule has 4 rings (SSSR count). The van der Waals surface area contributed by atoms with Gasteiger partial charge in [0.15, 0.2) is 5.11 Å². The highest BCUT2D eigenvalue weighted by Gasteiger charge is 2.51. The van der Waals surface area contributed by atoms with Gasteiger partial charge in [-0.25, -0.2) is 0 Å². The highest BCUT2D eigenvalue weighted by atomic mass is 32.1. The molecule has 0 heterocycles. The molecule has 4 fully saturated rings. The fourth-order valence-electron chi connectivity index (χ4n) is 5.29. The van der Waals surface area contributed by atoms with E-state index in [0.717, 1.165) is 23.3 Å². The van der Waals surface area contributed by atoms with Gasteiger partial charge in [0.1, 0.15) is 0 Å². The molecule has 4 nitrogen and oxygen atoms in total. The maximum atomic E-state index is 12.3. The van der Waals surface area contributed by atoms with Crippen molar-refractivity contribution in [3.63, 3.8) is 0 Å². The Balaban J connectivity index is 1.46. The molecule has 0 unspecified atom stereocenters. The Kier molecular flexibility index (Phi) is 4.44. The van der Waals surface area contributed by atoms with Crippen LogP contribution in [0.25, 0.3) is 0 Å². The van der Waals surface area contributed by atoms with Crippen LogP contribution in [0.3, 0.4) is 0 Å². The number of amides is 1.